The number of aromatic nitrogens is 1. The highest BCUT2D eigenvalue weighted by Gasteiger charge is 2.21. The van der Waals surface area contributed by atoms with Gasteiger partial charge in [-0.3, -0.25) is 9.88 Å². The number of pyridine rings is 1. The highest BCUT2D eigenvalue weighted by Crippen LogP contribution is 2.36. The number of nitrogens with zero attached hydrogens (tertiary/aromatic N) is 2. The molecule has 0 fully saturated rings. The lowest BCUT2D eigenvalue weighted by atomic mass is 9.95. The fourth-order valence-electron chi connectivity index (χ4n) is 2.76. The van der Waals surface area contributed by atoms with Crippen molar-refractivity contribution in [2.75, 3.05) is 14.1 Å². The molecule has 1 heterocycles. The van der Waals surface area contributed by atoms with E-state index in [4.69, 9.17) is 0 Å². The minimum absolute atomic E-state index is 0.00222. The number of rotatable bonds is 3. The fraction of sp³-hybridized carbons (Fsp3) is 0.167. The van der Waals surface area contributed by atoms with Gasteiger partial charge in [0, 0.05) is 17.1 Å². The topological polar surface area (TPSA) is 36.4 Å². The van der Waals surface area contributed by atoms with Crippen LogP contribution in [0.2, 0.25) is 0 Å². The summed E-state index contributed by atoms with van der Waals surface area (Å²) in [5.41, 5.74) is 2.67. The van der Waals surface area contributed by atoms with Gasteiger partial charge in [0.1, 0.15) is 11.3 Å². The zero-order valence-corrected chi connectivity index (χ0v) is 12.2. The van der Waals surface area contributed by atoms with Crippen LogP contribution in [0.1, 0.15) is 17.2 Å². The predicted octanol–water partition coefficient (Wildman–Crippen LogP) is 3.59. The van der Waals surface area contributed by atoms with E-state index >= 15 is 0 Å². The number of aromatic hydroxyl groups is 1. The van der Waals surface area contributed by atoms with Gasteiger partial charge in [-0.15, -0.1) is 0 Å². The average molecular weight is 278 g/mol. The van der Waals surface area contributed by atoms with E-state index in [0.717, 1.165) is 16.5 Å². The Hall–Kier alpha value is -2.39. The monoisotopic (exact) mass is 278 g/mol. The Balaban J connectivity index is 2.19. The lowest BCUT2D eigenvalue weighted by Crippen LogP contribution is -2.21. The molecule has 0 radical (unpaired) electrons. The molecule has 3 heteroatoms. The van der Waals surface area contributed by atoms with Gasteiger partial charge in [0.2, 0.25) is 0 Å². The van der Waals surface area contributed by atoms with Gasteiger partial charge in [-0.05, 0) is 25.7 Å². The highest BCUT2D eigenvalue weighted by molar-refractivity contribution is 5.85. The minimum Gasteiger partial charge on any atom is -0.505 e. The maximum atomic E-state index is 10.6. The molecule has 1 unspecified atom stereocenters. The largest absolute Gasteiger partial charge is 0.505 e. The maximum Gasteiger partial charge on any atom is 0.146 e. The van der Waals surface area contributed by atoms with E-state index in [-0.39, 0.29) is 11.8 Å². The number of fused-ring (bicyclic) bond motifs is 1. The summed E-state index contributed by atoms with van der Waals surface area (Å²) < 4.78 is 0. The highest BCUT2D eigenvalue weighted by atomic mass is 16.3. The molecular weight excluding hydrogens is 260 g/mol. The molecule has 3 aromatic rings. The summed E-state index contributed by atoms with van der Waals surface area (Å²) in [6, 6.07) is 18.0. The van der Waals surface area contributed by atoms with Crippen molar-refractivity contribution in [3.05, 3.63) is 71.9 Å². The molecule has 1 N–H and O–H groups in total. The first kappa shape index (κ1) is 13.6. The Bertz CT molecular complexity index is 754. The van der Waals surface area contributed by atoms with Gasteiger partial charge >= 0.3 is 0 Å². The number of phenolic OH excluding ortho intramolecular Hbond substituents is 1. The van der Waals surface area contributed by atoms with Gasteiger partial charge in [-0.25, -0.2) is 0 Å². The van der Waals surface area contributed by atoms with Gasteiger partial charge in [0.05, 0.1) is 6.04 Å². The Morgan fingerprint density at radius 1 is 0.952 bits per heavy atom. The summed E-state index contributed by atoms with van der Waals surface area (Å²) in [4.78, 5) is 6.40. The first-order valence-electron chi connectivity index (χ1n) is 6.96. The average Bonchev–Trinajstić information content (AvgIpc) is 2.51. The third-order valence-corrected chi connectivity index (χ3v) is 3.71. The molecule has 0 saturated carbocycles. The summed E-state index contributed by atoms with van der Waals surface area (Å²) >= 11 is 0. The van der Waals surface area contributed by atoms with E-state index in [1.54, 1.807) is 6.20 Å². The third-order valence-electron chi connectivity index (χ3n) is 3.71. The number of phenols is 1. The number of hydrogen-bond donors (Lipinski definition) is 1. The van der Waals surface area contributed by atoms with Crippen LogP contribution >= 0.6 is 0 Å². The molecule has 1 aromatic heterocycles. The van der Waals surface area contributed by atoms with Crippen molar-refractivity contribution in [2.45, 2.75) is 6.04 Å². The van der Waals surface area contributed by atoms with Crippen LogP contribution in [-0.2, 0) is 0 Å². The second kappa shape index (κ2) is 5.54. The van der Waals surface area contributed by atoms with Crippen molar-refractivity contribution in [1.29, 1.82) is 0 Å². The van der Waals surface area contributed by atoms with Crippen molar-refractivity contribution < 1.29 is 5.11 Å². The van der Waals surface area contributed by atoms with E-state index < -0.39 is 0 Å². The van der Waals surface area contributed by atoms with Crippen LogP contribution in [0.5, 0.6) is 5.75 Å². The van der Waals surface area contributed by atoms with Crippen molar-refractivity contribution in [1.82, 2.24) is 9.88 Å². The molecule has 21 heavy (non-hydrogen) atoms. The maximum absolute atomic E-state index is 10.6. The van der Waals surface area contributed by atoms with Crippen LogP contribution < -0.4 is 0 Å². The quantitative estimate of drug-likeness (QED) is 0.795. The van der Waals surface area contributed by atoms with Gasteiger partial charge in [-0.1, -0.05) is 48.5 Å². The molecule has 2 aromatic carbocycles. The van der Waals surface area contributed by atoms with Crippen LogP contribution in [0.4, 0.5) is 0 Å². The van der Waals surface area contributed by atoms with Gasteiger partial charge in [0.25, 0.3) is 0 Å². The molecular formula is C18H18N2O. The van der Waals surface area contributed by atoms with E-state index in [1.807, 2.05) is 56.6 Å². The smallest absolute Gasteiger partial charge is 0.146 e. The van der Waals surface area contributed by atoms with Crippen molar-refractivity contribution in [2.24, 2.45) is 0 Å². The van der Waals surface area contributed by atoms with Gasteiger partial charge in [0.15, 0.2) is 0 Å². The van der Waals surface area contributed by atoms with Crippen molar-refractivity contribution >= 4 is 10.9 Å². The number of benzene rings is 2. The molecule has 1 atom stereocenters. The molecule has 106 valence electrons. The minimum atomic E-state index is -0.00222. The second-order valence-corrected chi connectivity index (χ2v) is 5.36. The zero-order valence-electron chi connectivity index (χ0n) is 12.2. The molecule has 0 aliphatic rings. The normalized spacial score (nSPS) is 12.7. The summed E-state index contributed by atoms with van der Waals surface area (Å²) in [6.45, 7) is 0. The molecule has 3 rings (SSSR count). The first-order valence-corrected chi connectivity index (χ1v) is 6.96. The van der Waals surface area contributed by atoms with Crippen LogP contribution in [0.25, 0.3) is 10.9 Å². The summed E-state index contributed by atoms with van der Waals surface area (Å²) in [5, 5.41) is 11.6. The molecule has 0 aliphatic carbocycles. The molecule has 0 saturated heterocycles. The van der Waals surface area contributed by atoms with Crippen LogP contribution in [0.3, 0.4) is 0 Å². The van der Waals surface area contributed by atoms with E-state index in [1.165, 1.54) is 0 Å². The van der Waals surface area contributed by atoms with E-state index in [0.29, 0.717) is 5.52 Å². The summed E-state index contributed by atoms with van der Waals surface area (Å²) in [6.07, 6.45) is 1.71. The number of hydrogen-bond acceptors (Lipinski definition) is 3. The summed E-state index contributed by atoms with van der Waals surface area (Å²) in [7, 11) is 4.03. The molecule has 0 spiro atoms. The molecule has 0 bridgehead atoms. The van der Waals surface area contributed by atoms with Crippen molar-refractivity contribution in [3.63, 3.8) is 0 Å². The molecule has 3 nitrogen and oxygen atoms in total. The molecule has 0 amide bonds. The Morgan fingerprint density at radius 2 is 1.71 bits per heavy atom. The first-order chi connectivity index (χ1) is 10.2. The standard InChI is InChI=1S/C18H18N2O/c1-20(2)17(14-7-4-3-5-8-14)15-11-10-13-9-6-12-19-16(13)18(15)21/h3-12,17,21H,1-2H3. The lowest BCUT2D eigenvalue weighted by Gasteiger charge is -2.26. The zero-order chi connectivity index (χ0) is 14.8. The Labute approximate surface area is 124 Å². The SMILES string of the molecule is CN(C)C(c1ccccc1)c1ccc2cccnc2c1O. The lowest BCUT2D eigenvalue weighted by molar-refractivity contribution is 0.332. The van der Waals surface area contributed by atoms with Crippen molar-refractivity contribution in [3.8, 4) is 5.75 Å². The van der Waals surface area contributed by atoms with E-state index in [2.05, 4.69) is 22.0 Å². The van der Waals surface area contributed by atoms with Gasteiger partial charge < -0.3 is 5.11 Å². The third kappa shape index (κ3) is 2.48. The second-order valence-electron chi connectivity index (χ2n) is 5.36. The Morgan fingerprint density at radius 3 is 2.43 bits per heavy atom. The van der Waals surface area contributed by atoms with Crippen LogP contribution in [0.15, 0.2) is 60.8 Å². The predicted molar refractivity (Wildman–Crippen MR) is 85.4 cm³/mol. The summed E-state index contributed by atoms with van der Waals surface area (Å²) in [5.74, 6) is 0.260. The van der Waals surface area contributed by atoms with Crippen LogP contribution in [0, 0.1) is 0 Å². The van der Waals surface area contributed by atoms with Crippen LogP contribution in [-0.4, -0.2) is 29.1 Å². The van der Waals surface area contributed by atoms with Gasteiger partial charge in [-0.2, -0.15) is 0 Å². The van der Waals surface area contributed by atoms with E-state index in [9.17, 15) is 5.11 Å². The molecule has 0 aliphatic heterocycles. The Kier molecular flexibility index (Phi) is 3.59. The fourth-order valence-corrected chi connectivity index (χ4v) is 2.76.